The minimum Gasteiger partial charge on any atom is -0.492 e. The molecule has 3 N–H and O–H groups in total. The first-order chi connectivity index (χ1) is 20.4. The molecule has 4 heterocycles. The minimum absolute atomic E-state index is 0.278. The summed E-state index contributed by atoms with van der Waals surface area (Å²) in [5, 5.41) is 8.09. The fraction of sp³-hybridized carbons (Fsp3) is 0.344. The van der Waals surface area contributed by atoms with Crippen LogP contribution < -0.4 is 15.6 Å². The van der Waals surface area contributed by atoms with E-state index in [1.807, 2.05) is 24.3 Å². The summed E-state index contributed by atoms with van der Waals surface area (Å²) in [6.07, 6.45) is 13.0. The number of H-pyrrole nitrogens is 2. The van der Waals surface area contributed by atoms with Gasteiger partial charge in [-0.15, -0.1) is 0 Å². The van der Waals surface area contributed by atoms with E-state index in [4.69, 9.17) is 4.74 Å². The molecule has 4 aromatic rings. The molecule has 218 valence electrons. The highest BCUT2D eigenvalue weighted by atomic mass is 19.1. The van der Waals surface area contributed by atoms with Gasteiger partial charge in [-0.25, -0.2) is 4.39 Å². The third-order valence-electron chi connectivity index (χ3n) is 7.80. The Morgan fingerprint density at radius 2 is 2.17 bits per heavy atom. The monoisotopic (exact) mass is 570 g/mol. The van der Waals surface area contributed by atoms with Crippen LogP contribution in [0.3, 0.4) is 0 Å². The smallest absolute Gasteiger partial charge is 0.258 e. The van der Waals surface area contributed by atoms with Gasteiger partial charge in [0.2, 0.25) is 0 Å². The van der Waals surface area contributed by atoms with Crippen LogP contribution in [0.25, 0.3) is 22.2 Å². The number of ether oxygens (including phenoxy) is 1. The van der Waals surface area contributed by atoms with E-state index in [0.717, 1.165) is 30.3 Å². The number of hydrogen-bond acceptors (Lipinski definition) is 5. The average molecular weight is 571 g/mol. The Balaban J connectivity index is 1.11. The molecule has 2 unspecified atom stereocenters. The van der Waals surface area contributed by atoms with Crippen molar-refractivity contribution in [3.63, 3.8) is 0 Å². The van der Waals surface area contributed by atoms with E-state index in [-0.39, 0.29) is 11.5 Å². The van der Waals surface area contributed by atoms with Crippen LogP contribution in [0.4, 0.5) is 10.1 Å². The lowest BCUT2D eigenvalue weighted by Crippen LogP contribution is -2.38. The Bertz CT molecular complexity index is 1700. The normalized spacial score (nSPS) is 19.1. The Kier molecular flexibility index (Phi) is 8.05. The highest BCUT2D eigenvalue weighted by Crippen LogP contribution is 2.27. The molecule has 3 aromatic heterocycles. The van der Waals surface area contributed by atoms with Crippen molar-refractivity contribution in [2.24, 2.45) is 5.92 Å². The highest BCUT2D eigenvalue weighted by molar-refractivity contribution is 6.04. The van der Waals surface area contributed by atoms with Crippen molar-refractivity contribution in [3.05, 3.63) is 88.6 Å². The lowest BCUT2D eigenvalue weighted by atomic mass is 9.99. The topological polar surface area (TPSA) is 108 Å². The molecule has 1 aliphatic carbocycles. The summed E-state index contributed by atoms with van der Waals surface area (Å²) < 4.78 is 21.3. The zero-order valence-corrected chi connectivity index (χ0v) is 23.6. The van der Waals surface area contributed by atoms with Crippen LogP contribution in [-0.2, 0) is 6.54 Å². The molecule has 1 amide bonds. The van der Waals surface area contributed by atoms with Crippen LogP contribution in [-0.4, -0.2) is 63.0 Å². The number of allylic oxidation sites excluding steroid dienone is 4. The predicted octanol–water partition coefficient (Wildman–Crippen LogP) is 5.31. The van der Waals surface area contributed by atoms with Crippen molar-refractivity contribution in [1.82, 2.24) is 24.6 Å². The molecule has 2 aliphatic rings. The number of nitrogens with one attached hydrogen (secondary N) is 3. The lowest BCUT2D eigenvalue weighted by molar-refractivity contribution is 0.102. The van der Waals surface area contributed by atoms with Gasteiger partial charge in [0.1, 0.15) is 18.5 Å². The summed E-state index contributed by atoms with van der Waals surface area (Å²) in [6.45, 7) is 5.30. The molecule has 10 heteroatoms. The maximum Gasteiger partial charge on any atom is 0.258 e. The highest BCUT2D eigenvalue weighted by Gasteiger charge is 2.19. The van der Waals surface area contributed by atoms with Gasteiger partial charge in [0, 0.05) is 36.4 Å². The molecule has 0 radical (unpaired) electrons. The Labute approximate surface area is 243 Å². The molecule has 2 atom stereocenters. The van der Waals surface area contributed by atoms with Crippen molar-refractivity contribution in [2.45, 2.75) is 38.9 Å². The largest absolute Gasteiger partial charge is 0.492 e. The van der Waals surface area contributed by atoms with Crippen molar-refractivity contribution in [2.75, 3.05) is 31.6 Å². The number of piperidine rings is 1. The summed E-state index contributed by atoms with van der Waals surface area (Å²) in [5.74, 6) is 0.938. The number of carbonyl (C=O) groups is 1. The summed E-state index contributed by atoms with van der Waals surface area (Å²) in [5.41, 5.74) is 3.66. The second-order valence-corrected chi connectivity index (χ2v) is 11.2. The second-order valence-electron chi connectivity index (χ2n) is 11.2. The van der Waals surface area contributed by atoms with Crippen LogP contribution in [0.5, 0.6) is 5.75 Å². The average Bonchev–Trinajstić information content (AvgIpc) is 3.62. The van der Waals surface area contributed by atoms with Crippen molar-refractivity contribution >= 4 is 22.5 Å². The summed E-state index contributed by atoms with van der Waals surface area (Å²) in [4.78, 5) is 33.8. The molecule has 9 nitrogen and oxygen atoms in total. The van der Waals surface area contributed by atoms with Gasteiger partial charge in [0.25, 0.3) is 11.5 Å². The molecule has 1 saturated heterocycles. The second kappa shape index (κ2) is 12.2. The fourth-order valence-corrected chi connectivity index (χ4v) is 5.44. The van der Waals surface area contributed by atoms with Gasteiger partial charge in [-0.3, -0.25) is 19.2 Å². The quantitative estimate of drug-likeness (QED) is 0.253. The molecule has 1 fully saturated rings. The van der Waals surface area contributed by atoms with Crippen molar-refractivity contribution in [3.8, 4) is 17.0 Å². The standard InChI is InChI=1S/C32H35FN6O3/c1-21-4-6-22(7-5-21)18-39-19-24(16-35-39)31(40)36-26-15-28(32(41)34-17-26)30-14-23-13-27(8-9-29(23)37-30)42-12-11-38-10-2-3-25(33)20-38/h4,6-9,13-17,19,21,25,37H,2-3,5,10-12,18,20H2,1H3,(H,34,41)(H,36,40). The number of hydrogen-bond donors (Lipinski definition) is 3. The van der Waals surface area contributed by atoms with Crippen LogP contribution in [0.1, 0.15) is 36.5 Å². The van der Waals surface area contributed by atoms with Crippen LogP contribution >= 0.6 is 0 Å². The van der Waals surface area contributed by atoms with E-state index in [1.165, 1.54) is 11.8 Å². The van der Waals surface area contributed by atoms with Crippen LogP contribution in [0.15, 0.2) is 77.5 Å². The third-order valence-corrected chi connectivity index (χ3v) is 7.80. The zero-order valence-electron chi connectivity index (χ0n) is 23.6. The maximum absolute atomic E-state index is 13.6. The Morgan fingerprint density at radius 3 is 3.00 bits per heavy atom. The van der Waals surface area contributed by atoms with Gasteiger partial charge >= 0.3 is 0 Å². The molecule has 0 spiro atoms. The molecular formula is C32H35FN6O3. The first-order valence-electron chi connectivity index (χ1n) is 14.5. The number of anilines is 1. The Morgan fingerprint density at radius 1 is 1.26 bits per heavy atom. The number of likely N-dealkylation sites (tertiary alicyclic amines) is 1. The van der Waals surface area contributed by atoms with Crippen LogP contribution in [0, 0.1) is 5.92 Å². The van der Waals surface area contributed by atoms with Crippen LogP contribution in [0.2, 0.25) is 0 Å². The van der Waals surface area contributed by atoms with Gasteiger partial charge in [-0.2, -0.15) is 5.10 Å². The number of pyridine rings is 1. The lowest BCUT2D eigenvalue weighted by Gasteiger charge is -2.28. The molecular weight excluding hydrogens is 535 g/mol. The molecule has 6 rings (SSSR count). The number of carbonyl (C=O) groups excluding carboxylic acids is 1. The number of rotatable bonds is 9. The molecule has 1 aromatic carbocycles. The first-order valence-corrected chi connectivity index (χ1v) is 14.5. The number of aromatic nitrogens is 4. The van der Waals surface area contributed by atoms with Gasteiger partial charge in [0.15, 0.2) is 0 Å². The maximum atomic E-state index is 13.6. The molecule has 42 heavy (non-hydrogen) atoms. The number of benzene rings is 1. The summed E-state index contributed by atoms with van der Waals surface area (Å²) in [7, 11) is 0. The number of fused-ring (bicyclic) bond motifs is 1. The number of aromatic amines is 2. The van der Waals surface area contributed by atoms with Gasteiger partial charge in [0.05, 0.1) is 35.2 Å². The van der Waals surface area contributed by atoms with Crippen molar-refractivity contribution < 1.29 is 13.9 Å². The molecule has 1 aliphatic heterocycles. The minimum atomic E-state index is -0.751. The number of halogens is 1. The Hall–Kier alpha value is -4.44. The SMILES string of the molecule is CC1C=CC(Cn2cc(C(=O)Nc3c[nH]c(=O)c(-c4cc5cc(OCCN6CCCC(F)C6)ccc5[nH]4)c3)cn2)=CC1. The summed E-state index contributed by atoms with van der Waals surface area (Å²) >= 11 is 0. The van der Waals surface area contributed by atoms with Gasteiger partial charge in [-0.05, 0) is 67.6 Å². The van der Waals surface area contributed by atoms with Gasteiger partial charge < -0.3 is 20.0 Å². The summed E-state index contributed by atoms with van der Waals surface area (Å²) in [6, 6.07) is 9.23. The van der Waals surface area contributed by atoms with E-state index < -0.39 is 6.17 Å². The van der Waals surface area contributed by atoms with E-state index >= 15 is 0 Å². The van der Waals surface area contributed by atoms with E-state index in [0.29, 0.717) is 66.8 Å². The van der Waals surface area contributed by atoms with E-state index in [9.17, 15) is 14.0 Å². The number of alkyl halides is 1. The van der Waals surface area contributed by atoms with Crippen molar-refractivity contribution in [1.29, 1.82) is 0 Å². The fourth-order valence-electron chi connectivity index (χ4n) is 5.44. The number of nitrogens with zero attached hydrogens (tertiary/aromatic N) is 3. The first kappa shape index (κ1) is 27.7. The third kappa shape index (κ3) is 6.54. The van der Waals surface area contributed by atoms with E-state index in [2.05, 4.69) is 50.4 Å². The number of amides is 1. The predicted molar refractivity (Wildman–Crippen MR) is 162 cm³/mol. The molecule has 0 saturated carbocycles. The molecule has 0 bridgehead atoms. The zero-order chi connectivity index (χ0) is 29.1. The van der Waals surface area contributed by atoms with Gasteiger partial charge in [-0.1, -0.05) is 25.2 Å². The van der Waals surface area contributed by atoms with E-state index in [1.54, 1.807) is 23.1 Å².